The first-order valence-corrected chi connectivity index (χ1v) is 8.47. The van der Waals surface area contributed by atoms with E-state index in [0.29, 0.717) is 28.1 Å². The van der Waals surface area contributed by atoms with Gasteiger partial charge < -0.3 is 14.6 Å². The highest BCUT2D eigenvalue weighted by Crippen LogP contribution is 2.24. The Labute approximate surface area is 154 Å². The number of aryl methyl sites for hydroxylation is 2. The maximum atomic E-state index is 12.6. The zero-order chi connectivity index (χ0) is 18.1. The van der Waals surface area contributed by atoms with Crippen molar-refractivity contribution >= 4 is 35.1 Å². The molecule has 0 saturated carbocycles. The summed E-state index contributed by atoms with van der Waals surface area (Å²) < 4.78 is 1.73. The number of rotatable bonds is 4. The molecule has 1 unspecified atom stereocenters. The summed E-state index contributed by atoms with van der Waals surface area (Å²) in [7, 11) is 0. The van der Waals surface area contributed by atoms with Crippen LogP contribution < -0.4 is 0 Å². The average Bonchev–Trinajstić information content (AvgIpc) is 2.93. The highest BCUT2D eigenvalue weighted by molar-refractivity contribution is 6.35. The third kappa shape index (κ3) is 3.62. The number of carbonyl (C=O) groups is 2. The number of carboxylic acid groups (broad SMARTS) is 1. The van der Waals surface area contributed by atoms with Gasteiger partial charge in [0, 0.05) is 16.5 Å². The third-order valence-corrected chi connectivity index (χ3v) is 4.87. The molecule has 9 heteroatoms. The van der Waals surface area contributed by atoms with Crippen molar-refractivity contribution < 1.29 is 14.7 Å². The fourth-order valence-corrected chi connectivity index (χ4v) is 3.40. The van der Waals surface area contributed by atoms with Gasteiger partial charge in [-0.05, 0) is 31.0 Å². The summed E-state index contributed by atoms with van der Waals surface area (Å²) in [6.45, 7) is 2.04. The van der Waals surface area contributed by atoms with Gasteiger partial charge in [-0.15, -0.1) is 10.2 Å². The van der Waals surface area contributed by atoms with Gasteiger partial charge in [-0.3, -0.25) is 4.79 Å². The van der Waals surface area contributed by atoms with E-state index in [-0.39, 0.29) is 25.4 Å². The molecule has 1 aliphatic heterocycles. The van der Waals surface area contributed by atoms with Crippen LogP contribution in [0, 0.1) is 6.92 Å². The lowest BCUT2D eigenvalue weighted by molar-refractivity contribution is -0.152. The molecule has 7 nitrogen and oxygen atoms in total. The van der Waals surface area contributed by atoms with Gasteiger partial charge in [-0.25, -0.2) is 4.79 Å². The molecule has 0 saturated heterocycles. The van der Waals surface area contributed by atoms with Crippen molar-refractivity contribution in [1.82, 2.24) is 19.7 Å². The van der Waals surface area contributed by atoms with Gasteiger partial charge in [0.15, 0.2) is 5.82 Å². The zero-order valence-corrected chi connectivity index (χ0v) is 15.0. The second-order valence-corrected chi connectivity index (χ2v) is 6.73. The lowest BCUT2D eigenvalue weighted by Gasteiger charge is -2.33. The van der Waals surface area contributed by atoms with Gasteiger partial charge in [0.05, 0.1) is 13.1 Å². The van der Waals surface area contributed by atoms with E-state index in [0.717, 1.165) is 5.56 Å². The second-order valence-electron chi connectivity index (χ2n) is 5.89. The van der Waals surface area contributed by atoms with Crippen LogP contribution in [-0.2, 0) is 29.1 Å². The molecule has 1 aromatic carbocycles. The maximum absolute atomic E-state index is 12.6. The molecule has 1 aliphatic rings. The van der Waals surface area contributed by atoms with Gasteiger partial charge in [0.1, 0.15) is 11.9 Å². The number of halogens is 2. The first-order valence-electron chi connectivity index (χ1n) is 7.71. The maximum Gasteiger partial charge on any atom is 0.328 e. The van der Waals surface area contributed by atoms with Crippen molar-refractivity contribution in [2.75, 3.05) is 0 Å². The summed E-state index contributed by atoms with van der Waals surface area (Å²) in [6, 6.07) is 4.16. The summed E-state index contributed by atoms with van der Waals surface area (Å²) in [5, 5.41) is 18.5. The Morgan fingerprint density at radius 3 is 2.76 bits per heavy atom. The topological polar surface area (TPSA) is 88.3 Å². The van der Waals surface area contributed by atoms with E-state index >= 15 is 0 Å². The average molecular weight is 383 g/mol. The van der Waals surface area contributed by atoms with Gasteiger partial charge in [-0.2, -0.15) is 0 Å². The molecule has 0 aliphatic carbocycles. The Balaban J connectivity index is 1.74. The lowest BCUT2D eigenvalue weighted by Crippen LogP contribution is -2.50. The summed E-state index contributed by atoms with van der Waals surface area (Å²) >= 11 is 12.0. The van der Waals surface area contributed by atoms with E-state index in [1.807, 2.05) is 0 Å². The van der Waals surface area contributed by atoms with Gasteiger partial charge in [-0.1, -0.05) is 29.3 Å². The highest BCUT2D eigenvalue weighted by atomic mass is 35.5. The first kappa shape index (κ1) is 17.7. The molecule has 1 N–H and O–H groups in total. The molecule has 0 bridgehead atoms. The molecule has 0 radical (unpaired) electrons. The van der Waals surface area contributed by atoms with Crippen LogP contribution in [0.2, 0.25) is 10.0 Å². The minimum Gasteiger partial charge on any atom is -0.480 e. The van der Waals surface area contributed by atoms with E-state index < -0.39 is 12.0 Å². The fourth-order valence-electron chi connectivity index (χ4n) is 2.90. The number of nitrogens with zero attached hydrogens (tertiary/aromatic N) is 4. The minimum absolute atomic E-state index is 0.130. The van der Waals surface area contributed by atoms with Gasteiger partial charge >= 0.3 is 5.97 Å². The Bertz CT molecular complexity index is 837. The van der Waals surface area contributed by atoms with E-state index in [1.54, 1.807) is 29.7 Å². The Kier molecular flexibility index (Phi) is 4.96. The lowest BCUT2D eigenvalue weighted by atomic mass is 10.1. The largest absolute Gasteiger partial charge is 0.480 e. The Morgan fingerprint density at radius 1 is 1.32 bits per heavy atom. The number of aromatic nitrogens is 3. The van der Waals surface area contributed by atoms with Crippen LogP contribution in [0.5, 0.6) is 0 Å². The van der Waals surface area contributed by atoms with Crippen LogP contribution in [0.15, 0.2) is 18.2 Å². The van der Waals surface area contributed by atoms with Gasteiger partial charge in [0.2, 0.25) is 5.91 Å². The predicted octanol–water partition coefficient (Wildman–Crippen LogP) is 2.32. The van der Waals surface area contributed by atoms with E-state index in [1.165, 1.54) is 4.90 Å². The van der Waals surface area contributed by atoms with Crippen LogP contribution in [0.1, 0.15) is 23.6 Å². The number of hydrogen-bond acceptors (Lipinski definition) is 4. The van der Waals surface area contributed by atoms with Gasteiger partial charge in [0.25, 0.3) is 0 Å². The number of hydrogen-bond donors (Lipinski definition) is 1. The standard InChI is InChI=1S/C16H16Cl2N4O3/c1-9-19-20-14-8-22(13(16(24)25)7-21(9)14)15(23)5-3-10-2-4-11(17)6-12(10)18/h2,4,6,13H,3,5,7-8H2,1H3,(H,24,25). The molecule has 0 spiro atoms. The number of carboxylic acids is 1. The molecule has 1 atom stereocenters. The van der Waals surface area contributed by atoms with Crippen molar-refractivity contribution in [2.45, 2.75) is 38.9 Å². The smallest absolute Gasteiger partial charge is 0.328 e. The van der Waals surface area contributed by atoms with Crippen LogP contribution in [-0.4, -0.2) is 42.7 Å². The predicted molar refractivity (Wildman–Crippen MR) is 91.5 cm³/mol. The number of aliphatic carboxylic acids is 1. The van der Waals surface area contributed by atoms with Crippen LogP contribution >= 0.6 is 23.2 Å². The quantitative estimate of drug-likeness (QED) is 0.876. The summed E-state index contributed by atoms with van der Waals surface area (Å²) in [4.78, 5) is 25.6. The minimum atomic E-state index is -1.04. The number of benzene rings is 1. The van der Waals surface area contributed by atoms with E-state index in [2.05, 4.69) is 10.2 Å². The number of carbonyl (C=O) groups excluding carboxylic acids is 1. The molecule has 2 aromatic rings. The molecular weight excluding hydrogens is 367 g/mol. The van der Waals surface area contributed by atoms with Crippen molar-refractivity contribution in [1.29, 1.82) is 0 Å². The Hall–Kier alpha value is -2.12. The molecular formula is C16H16Cl2N4O3. The van der Waals surface area contributed by atoms with Crippen LogP contribution in [0.25, 0.3) is 0 Å². The SMILES string of the molecule is Cc1nnc2n1CC(C(=O)O)N(C(=O)CCc1ccc(Cl)cc1Cl)C2. The van der Waals surface area contributed by atoms with E-state index in [4.69, 9.17) is 23.2 Å². The molecule has 0 fully saturated rings. The molecule has 25 heavy (non-hydrogen) atoms. The fraction of sp³-hybridized carbons (Fsp3) is 0.375. The Morgan fingerprint density at radius 2 is 2.08 bits per heavy atom. The first-order chi connectivity index (χ1) is 11.9. The zero-order valence-electron chi connectivity index (χ0n) is 13.4. The van der Waals surface area contributed by atoms with Crippen LogP contribution in [0.4, 0.5) is 0 Å². The van der Waals surface area contributed by atoms with Crippen LogP contribution in [0.3, 0.4) is 0 Å². The molecule has 1 aromatic heterocycles. The second kappa shape index (κ2) is 7.01. The van der Waals surface area contributed by atoms with Crippen molar-refractivity contribution in [3.63, 3.8) is 0 Å². The normalized spacial score (nSPS) is 16.6. The third-order valence-electron chi connectivity index (χ3n) is 4.28. The molecule has 132 valence electrons. The molecule has 3 rings (SSSR count). The highest BCUT2D eigenvalue weighted by Gasteiger charge is 2.36. The summed E-state index contributed by atoms with van der Waals surface area (Å²) in [6.07, 6.45) is 0.557. The van der Waals surface area contributed by atoms with Crippen molar-refractivity contribution in [3.05, 3.63) is 45.5 Å². The monoisotopic (exact) mass is 382 g/mol. The summed E-state index contributed by atoms with van der Waals surface area (Å²) in [5.74, 6) is -0.0730. The number of fused-ring (bicyclic) bond motifs is 1. The molecule has 1 amide bonds. The number of amides is 1. The summed E-state index contributed by atoms with van der Waals surface area (Å²) in [5.41, 5.74) is 0.794. The van der Waals surface area contributed by atoms with Crippen molar-refractivity contribution in [2.24, 2.45) is 0 Å². The van der Waals surface area contributed by atoms with E-state index in [9.17, 15) is 14.7 Å². The molecule has 2 heterocycles. The van der Waals surface area contributed by atoms with Crippen molar-refractivity contribution in [3.8, 4) is 0 Å².